The maximum absolute atomic E-state index is 13.0. The first-order valence-corrected chi connectivity index (χ1v) is 3.78. The molecule has 0 radical (unpaired) electrons. The number of benzene rings is 1. The van der Waals surface area contributed by atoms with Crippen LogP contribution < -0.4 is 4.74 Å². The predicted octanol–water partition coefficient (Wildman–Crippen LogP) is 1.92. The molecule has 1 aromatic carbocycles. The van der Waals surface area contributed by atoms with Gasteiger partial charge in [0.25, 0.3) is 0 Å². The Kier molecular flexibility index (Phi) is 3.33. The van der Waals surface area contributed by atoms with E-state index in [1.165, 1.54) is 0 Å². The lowest BCUT2D eigenvalue weighted by Gasteiger charge is -2.04. The number of rotatable bonds is 2. The maximum Gasteiger partial charge on any atom is 0.513 e. The van der Waals surface area contributed by atoms with Gasteiger partial charge in [-0.05, 0) is 0 Å². The standard InChI is InChI=1S/C9H6F2O4/c1-14-9(13)15-5-2-7(10)6(4-12)8(11)3-5/h2-4H,1H3. The van der Waals surface area contributed by atoms with Crippen LogP contribution in [0.1, 0.15) is 10.4 Å². The molecule has 0 fully saturated rings. The fourth-order valence-corrected chi connectivity index (χ4v) is 0.870. The average molecular weight is 216 g/mol. The quantitative estimate of drug-likeness (QED) is 0.430. The monoisotopic (exact) mass is 216 g/mol. The minimum atomic E-state index is -1.11. The number of carbonyl (C=O) groups excluding carboxylic acids is 2. The third kappa shape index (κ3) is 2.49. The van der Waals surface area contributed by atoms with Crippen LogP contribution in [0.2, 0.25) is 0 Å². The molecule has 6 heteroatoms. The van der Waals surface area contributed by atoms with Crippen LogP contribution in [0.15, 0.2) is 12.1 Å². The second-order valence-corrected chi connectivity index (χ2v) is 2.47. The molecular weight excluding hydrogens is 210 g/mol. The number of carbonyl (C=O) groups is 2. The average Bonchev–Trinajstić information content (AvgIpc) is 2.17. The Hall–Kier alpha value is -1.98. The van der Waals surface area contributed by atoms with E-state index in [2.05, 4.69) is 9.47 Å². The zero-order chi connectivity index (χ0) is 11.4. The van der Waals surface area contributed by atoms with E-state index < -0.39 is 23.4 Å². The van der Waals surface area contributed by atoms with Gasteiger partial charge in [-0.3, -0.25) is 4.79 Å². The van der Waals surface area contributed by atoms with Crippen molar-refractivity contribution in [1.29, 1.82) is 0 Å². The van der Waals surface area contributed by atoms with Crippen molar-refractivity contribution in [3.63, 3.8) is 0 Å². The molecule has 80 valence electrons. The topological polar surface area (TPSA) is 52.6 Å². The zero-order valence-electron chi connectivity index (χ0n) is 7.62. The summed E-state index contributed by atoms with van der Waals surface area (Å²) in [6.07, 6.45) is -1.07. The second kappa shape index (κ2) is 4.50. The summed E-state index contributed by atoms with van der Waals surface area (Å²) >= 11 is 0. The first kappa shape index (κ1) is 11.1. The molecule has 0 N–H and O–H groups in total. The van der Waals surface area contributed by atoms with Gasteiger partial charge in [-0.2, -0.15) is 0 Å². The highest BCUT2D eigenvalue weighted by atomic mass is 19.1. The Balaban J connectivity index is 3.03. The lowest BCUT2D eigenvalue weighted by Crippen LogP contribution is -2.08. The number of methoxy groups -OCH3 is 1. The molecule has 0 spiro atoms. The van der Waals surface area contributed by atoms with Crippen molar-refractivity contribution in [2.45, 2.75) is 0 Å². The van der Waals surface area contributed by atoms with Crippen LogP contribution in [-0.2, 0) is 4.74 Å². The summed E-state index contributed by atoms with van der Waals surface area (Å²) in [6.45, 7) is 0. The van der Waals surface area contributed by atoms with E-state index in [4.69, 9.17) is 0 Å². The summed E-state index contributed by atoms with van der Waals surface area (Å²) in [5, 5.41) is 0. The smallest absolute Gasteiger partial charge is 0.437 e. The molecule has 0 saturated carbocycles. The number of halogens is 2. The Labute approximate surface area is 83.4 Å². The number of hydrogen-bond donors (Lipinski definition) is 0. The molecule has 0 aliphatic carbocycles. The van der Waals surface area contributed by atoms with E-state index >= 15 is 0 Å². The van der Waals surface area contributed by atoms with Gasteiger partial charge in [0.05, 0.1) is 12.7 Å². The lowest BCUT2D eigenvalue weighted by atomic mass is 10.2. The van der Waals surface area contributed by atoms with Gasteiger partial charge in [0, 0.05) is 12.1 Å². The number of ether oxygens (including phenoxy) is 2. The first-order valence-electron chi connectivity index (χ1n) is 3.78. The van der Waals surface area contributed by atoms with Crippen LogP contribution in [0.4, 0.5) is 13.6 Å². The van der Waals surface area contributed by atoms with Crippen molar-refractivity contribution in [1.82, 2.24) is 0 Å². The summed E-state index contributed by atoms with van der Waals surface area (Å²) in [7, 11) is 1.05. The van der Waals surface area contributed by atoms with Crippen molar-refractivity contribution in [2.24, 2.45) is 0 Å². The highest BCUT2D eigenvalue weighted by Crippen LogP contribution is 2.19. The molecule has 0 saturated heterocycles. The van der Waals surface area contributed by atoms with E-state index in [9.17, 15) is 18.4 Å². The first-order chi connectivity index (χ1) is 7.08. The van der Waals surface area contributed by atoms with Gasteiger partial charge in [0.15, 0.2) is 6.29 Å². The molecule has 0 aromatic heterocycles. The van der Waals surface area contributed by atoms with Crippen molar-refractivity contribution < 1.29 is 27.8 Å². The summed E-state index contributed by atoms with van der Waals surface area (Å²) in [5.41, 5.74) is -0.716. The molecule has 0 aliphatic rings. The molecular formula is C9H6F2O4. The highest BCUT2D eigenvalue weighted by molar-refractivity contribution is 5.76. The molecule has 0 aliphatic heterocycles. The number of aldehydes is 1. The van der Waals surface area contributed by atoms with Gasteiger partial charge in [0.2, 0.25) is 0 Å². The zero-order valence-corrected chi connectivity index (χ0v) is 7.62. The molecule has 15 heavy (non-hydrogen) atoms. The molecule has 0 unspecified atom stereocenters. The Morgan fingerprint density at radius 3 is 2.27 bits per heavy atom. The van der Waals surface area contributed by atoms with Crippen molar-refractivity contribution in [3.05, 3.63) is 29.3 Å². The van der Waals surface area contributed by atoms with E-state index in [0.29, 0.717) is 12.1 Å². The molecule has 4 nitrogen and oxygen atoms in total. The van der Waals surface area contributed by atoms with Gasteiger partial charge >= 0.3 is 6.16 Å². The van der Waals surface area contributed by atoms with Crippen LogP contribution in [0.5, 0.6) is 5.75 Å². The molecule has 1 rings (SSSR count). The Morgan fingerprint density at radius 1 is 1.33 bits per heavy atom. The summed E-state index contributed by atoms with van der Waals surface area (Å²) in [5.74, 6) is -2.59. The fraction of sp³-hybridized carbons (Fsp3) is 0.111. The predicted molar refractivity (Wildman–Crippen MR) is 44.8 cm³/mol. The summed E-state index contributed by atoms with van der Waals surface area (Å²) < 4.78 is 34.4. The minimum absolute atomic E-state index is 0.0343. The Bertz CT molecular complexity index is 380. The van der Waals surface area contributed by atoms with Gasteiger partial charge in [-0.15, -0.1) is 0 Å². The van der Waals surface area contributed by atoms with Crippen molar-refractivity contribution in [3.8, 4) is 5.75 Å². The molecule has 0 bridgehead atoms. The van der Waals surface area contributed by atoms with E-state index in [1.807, 2.05) is 0 Å². The van der Waals surface area contributed by atoms with Crippen molar-refractivity contribution in [2.75, 3.05) is 7.11 Å². The van der Waals surface area contributed by atoms with Gasteiger partial charge in [-0.25, -0.2) is 13.6 Å². The van der Waals surface area contributed by atoms with Gasteiger partial charge in [0.1, 0.15) is 17.4 Å². The van der Waals surface area contributed by atoms with E-state index in [1.54, 1.807) is 0 Å². The fourth-order valence-electron chi connectivity index (χ4n) is 0.870. The van der Waals surface area contributed by atoms with Gasteiger partial charge in [-0.1, -0.05) is 0 Å². The van der Waals surface area contributed by atoms with Crippen LogP contribution >= 0.6 is 0 Å². The summed E-state index contributed by atoms with van der Waals surface area (Å²) in [4.78, 5) is 20.8. The maximum atomic E-state index is 13.0. The molecule has 0 amide bonds. The Morgan fingerprint density at radius 2 is 1.87 bits per heavy atom. The molecule has 0 heterocycles. The van der Waals surface area contributed by atoms with E-state index in [0.717, 1.165) is 7.11 Å². The van der Waals surface area contributed by atoms with Crippen LogP contribution in [-0.4, -0.2) is 19.6 Å². The minimum Gasteiger partial charge on any atom is -0.437 e. The molecule has 0 atom stereocenters. The van der Waals surface area contributed by atoms with Crippen LogP contribution in [0.3, 0.4) is 0 Å². The van der Waals surface area contributed by atoms with Crippen LogP contribution in [0.25, 0.3) is 0 Å². The number of hydrogen-bond acceptors (Lipinski definition) is 4. The highest BCUT2D eigenvalue weighted by Gasteiger charge is 2.13. The third-order valence-electron chi connectivity index (χ3n) is 1.54. The van der Waals surface area contributed by atoms with Gasteiger partial charge < -0.3 is 9.47 Å². The van der Waals surface area contributed by atoms with Crippen molar-refractivity contribution >= 4 is 12.4 Å². The SMILES string of the molecule is COC(=O)Oc1cc(F)c(C=O)c(F)c1. The molecule has 1 aromatic rings. The van der Waals surface area contributed by atoms with Crippen LogP contribution in [0, 0.1) is 11.6 Å². The lowest BCUT2D eigenvalue weighted by molar-refractivity contribution is 0.111. The summed E-state index contributed by atoms with van der Waals surface area (Å²) in [6, 6.07) is 1.42. The van der Waals surface area contributed by atoms with E-state index in [-0.39, 0.29) is 12.0 Å². The largest absolute Gasteiger partial charge is 0.513 e. The normalized spacial score (nSPS) is 9.53. The third-order valence-corrected chi connectivity index (χ3v) is 1.54. The second-order valence-electron chi connectivity index (χ2n) is 2.47.